The molecule has 0 radical (unpaired) electrons. The number of nitrogens with zero attached hydrogens (tertiary/aromatic N) is 1. The van der Waals surface area contributed by atoms with E-state index < -0.39 is 5.97 Å². The number of rotatable bonds is 2. The lowest BCUT2D eigenvalue weighted by Crippen LogP contribution is -2.06. The summed E-state index contributed by atoms with van der Waals surface area (Å²) in [7, 11) is 3.71. The van der Waals surface area contributed by atoms with E-state index in [1.165, 1.54) is 6.07 Å². The summed E-state index contributed by atoms with van der Waals surface area (Å²) >= 11 is 0. The Morgan fingerprint density at radius 2 is 2.21 bits per heavy atom. The van der Waals surface area contributed by atoms with Crippen LogP contribution in [0, 0.1) is 0 Å². The summed E-state index contributed by atoms with van der Waals surface area (Å²) in [6.45, 7) is 0. The fraction of sp³-hybridized carbons (Fsp3) is 0.222. The maximum Gasteiger partial charge on any atom is 0.352 e. The molecule has 2 aromatic heterocycles. The second-order valence-electron chi connectivity index (χ2n) is 3.25. The quantitative estimate of drug-likeness (QED) is 0.760. The molecule has 2 N–H and O–H groups in total. The Morgan fingerprint density at radius 3 is 2.71 bits per heavy atom. The van der Waals surface area contributed by atoms with Crippen LogP contribution in [0.5, 0.6) is 0 Å². The van der Waals surface area contributed by atoms with Crippen LogP contribution in [0.3, 0.4) is 0 Å². The van der Waals surface area contributed by atoms with Gasteiger partial charge >= 0.3 is 5.97 Å². The Kier molecular flexibility index (Phi) is 1.73. The highest BCUT2D eigenvalue weighted by molar-refractivity contribution is 5.92. The van der Waals surface area contributed by atoms with Gasteiger partial charge in [0.25, 0.3) is 0 Å². The lowest BCUT2D eigenvalue weighted by atomic mass is 10.4. The number of carbonyl (C=O) groups is 1. The minimum Gasteiger partial charge on any atom is -0.477 e. The van der Waals surface area contributed by atoms with E-state index in [1.807, 2.05) is 19.0 Å². The number of anilines is 1. The van der Waals surface area contributed by atoms with Crippen molar-refractivity contribution in [3.8, 4) is 0 Å². The topological polar surface area (TPSA) is 69.5 Å². The highest BCUT2D eigenvalue weighted by atomic mass is 16.4. The van der Waals surface area contributed by atoms with E-state index in [2.05, 4.69) is 4.98 Å². The van der Waals surface area contributed by atoms with Gasteiger partial charge in [0.15, 0.2) is 11.5 Å². The molecule has 14 heavy (non-hydrogen) atoms. The van der Waals surface area contributed by atoms with Gasteiger partial charge < -0.3 is 19.4 Å². The van der Waals surface area contributed by atoms with Crippen molar-refractivity contribution in [1.29, 1.82) is 0 Å². The summed E-state index contributed by atoms with van der Waals surface area (Å²) in [5.41, 5.74) is 1.40. The van der Waals surface area contributed by atoms with Crippen molar-refractivity contribution in [1.82, 2.24) is 4.98 Å². The van der Waals surface area contributed by atoms with Gasteiger partial charge in [0.1, 0.15) is 5.69 Å². The molecule has 2 aromatic rings. The van der Waals surface area contributed by atoms with Gasteiger partial charge in [-0.1, -0.05) is 0 Å². The molecule has 0 amide bonds. The zero-order valence-corrected chi connectivity index (χ0v) is 7.87. The summed E-state index contributed by atoms with van der Waals surface area (Å²) in [6.07, 6.45) is 0. The van der Waals surface area contributed by atoms with Crippen LogP contribution >= 0.6 is 0 Å². The van der Waals surface area contributed by atoms with Crippen LogP contribution in [-0.4, -0.2) is 30.2 Å². The molecule has 0 bridgehead atoms. The number of nitrogens with one attached hydrogen (secondary N) is 1. The van der Waals surface area contributed by atoms with Crippen molar-refractivity contribution in [3.05, 3.63) is 17.8 Å². The summed E-state index contributed by atoms with van der Waals surface area (Å²) in [5, 5.41) is 8.70. The number of carboxylic acid groups (broad SMARTS) is 1. The predicted molar refractivity (Wildman–Crippen MR) is 51.9 cm³/mol. The first kappa shape index (κ1) is 8.68. The molecule has 0 fully saturated rings. The predicted octanol–water partition coefficient (Wildman–Crippen LogP) is 1.53. The zero-order valence-electron chi connectivity index (χ0n) is 7.87. The van der Waals surface area contributed by atoms with Gasteiger partial charge in [-0.05, 0) is 0 Å². The average Bonchev–Trinajstić information content (AvgIpc) is 2.57. The maximum atomic E-state index is 10.6. The SMILES string of the molecule is CN(C)c1cc2[nH]c(C(=O)O)cc2o1. The normalized spacial score (nSPS) is 10.7. The number of carboxylic acids is 1. The smallest absolute Gasteiger partial charge is 0.352 e. The number of aromatic carboxylic acids is 1. The molecule has 2 rings (SSSR count). The number of hydrogen-bond donors (Lipinski definition) is 2. The van der Waals surface area contributed by atoms with Gasteiger partial charge in [-0.3, -0.25) is 0 Å². The van der Waals surface area contributed by atoms with Crippen LogP contribution in [-0.2, 0) is 0 Å². The van der Waals surface area contributed by atoms with E-state index in [4.69, 9.17) is 9.52 Å². The third-order valence-electron chi connectivity index (χ3n) is 1.96. The minimum atomic E-state index is -0.984. The van der Waals surface area contributed by atoms with E-state index in [0.717, 1.165) is 0 Å². The molecule has 5 heteroatoms. The fourth-order valence-corrected chi connectivity index (χ4v) is 1.24. The Bertz CT molecular complexity index is 450. The van der Waals surface area contributed by atoms with Crippen LogP contribution in [0.2, 0.25) is 0 Å². The highest BCUT2D eigenvalue weighted by Gasteiger charge is 2.12. The van der Waals surface area contributed by atoms with Gasteiger partial charge in [0.05, 0.1) is 5.52 Å². The van der Waals surface area contributed by atoms with Crippen molar-refractivity contribution in [3.63, 3.8) is 0 Å². The van der Waals surface area contributed by atoms with E-state index in [0.29, 0.717) is 17.0 Å². The molecule has 0 spiro atoms. The number of aromatic nitrogens is 1. The minimum absolute atomic E-state index is 0.143. The van der Waals surface area contributed by atoms with E-state index in [-0.39, 0.29) is 5.69 Å². The first-order valence-corrected chi connectivity index (χ1v) is 4.11. The number of H-pyrrole nitrogens is 1. The van der Waals surface area contributed by atoms with Crippen LogP contribution in [0.1, 0.15) is 10.5 Å². The van der Waals surface area contributed by atoms with E-state index in [9.17, 15) is 4.79 Å². The lowest BCUT2D eigenvalue weighted by Gasteiger charge is -2.05. The molecule has 5 nitrogen and oxygen atoms in total. The molecule has 0 saturated heterocycles. The molecule has 0 atom stereocenters. The van der Waals surface area contributed by atoms with Crippen molar-refractivity contribution in [2.45, 2.75) is 0 Å². The standard InChI is InChI=1S/C9H10N2O3/c1-11(2)8-4-5-7(14-8)3-6(10-5)9(12)13/h3-4,10H,1-2H3,(H,12,13). The average molecular weight is 194 g/mol. The number of hydrogen-bond acceptors (Lipinski definition) is 3. The van der Waals surface area contributed by atoms with Gasteiger partial charge in [0, 0.05) is 26.2 Å². The maximum absolute atomic E-state index is 10.6. The van der Waals surface area contributed by atoms with Crippen molar-refractivity contribution < 1.29 is 14.3 Å². The Labute approximate surface area is 79.9 Å². The van der Waals surface area contributed by atoms with Crippen molar-refractivity contribution in [2.24, 2.45) is 0 Å². The Hall–Kier alpha value is -1.91. The highest BCUT2D eigenvalue weighted by Crippen LogP contribution is 2.24. The van der Waals surface area contributed by atoms with Crippen LogP contribution in [0.4, 0.5) is 5.88 Å². The summed E-state index contributed by atoms with van der Waals surface area (Å²) in [5.74, 6) is -0.286. The molecule has 0 aromatic carbocycles. The number of furan rings is 1. The van der Waals surface area contributed by atoms with E-state index >= 15 is 0 Å². The van der Waals surface area contributed by atoms with Crippen LogP contribution in [0.15, 0.2) is 16.5 Å². The Balaban J connectivity index is 2.50. The van der Waals surface area contributed by atoms with E-state index in [1.54, 1.807) is 6.07 Å². The van der Waals surface area contributed by atoms with Gasteiger partial charge in [-0.25, -0.2) is 4.79 Å². The number of aromatic amines is 1. The molecule has 0 aliphatic rings. The molecule has 0 unspecified atom stereocenters. The van der Waals surface area contributed by atoms with Crippen molar-refractivity contribution >= 4 is 23.0 Å². The summed E-state index contributed by atoms with van der Waals surface area (Å²) in [6, 6.07) is 3.24. The molecule has 0 saturated carbocycles. The van der Waals surface area contributed by atoms with Gasteiger partial charge in [-0.2, -0.15) is 0 Å². The Morgan fingerprint density at radius 1 is 1.50 bits per heavy atom. The largest absolute Gasteiger partial charge is 0.477 e. The third-order valence-corrected chi connectivity index (χ3v) is 1.96. The second kappa shape index (κ2) is 2.80. The fourth-order valence-electron chi connectivity index (χ4n) is 1.24. The first-order valence-electron chi connectivity index (χ1n) is 4.11. The molecule has 0 aliphatic heterocycles. The molecule has 74 valence electrons. The first-order chi connectivity index (χ1) is 6.58. The van der Waals surface area contributed by atoms with Crippen molar-refractivity contribution in [2.75, 3.05) is 19.0 Å². The monoisotopic (exact) mass is 194 g/mol. The van der Waals surface area contributed by atoms with Crippen LogP contribution < -0.4 is 4.90 Å². The summed E-state index contributed by atoms with van der Waals surface area (Å²) in [4.78, 5) is 15.2. The number of fused-ring (bicyclic) bond motifs is 1. The lowest BCUT2D eigenvalue weighted by molar-refractivity contribution is 0.0691. The molecule has 0 aliphatic carbocycles. The molecule has 2 heterocycles. The summed E-state index contributed by atoms with van der Waals surface area (Å²) < 4.78 is 5.39. The molecular formula is C9H10N2O3. The molecular weight excluding hydrogens is 184 g/mol. The van der Waals surface area contributed by atoms with Crippen LogP contribution in [0.25, 0.3) is 11.1 Å². The van der Waals surface area contributed by atoms with Gasteiger partial charge in [0.2, 0.25) is 0 Å². The zero-order chi connectivity index (χ0) is 10.3. The second-order valence-corrected chi connectivity index (χ2v) is 3.25. The third kappa shape index (κ3) is 1.22. The van der Waals surface area contributed by atoms with Gasteiger partial charge in [-0.15, -0.1) is 0 Å².